The Balaban J connectivity index is 0.000000612. The third-order valence-electron chi connectivity index (χ3n) is 6.40. The fourth-order valence-electron chi connectivity index (χ4n) is 4.37. The molecule has 0 aromatic heterocycles. The Kier molecular flexibility index (Phi) is 10.8. The predicted octanol–water partition coefficient (Wildman–Crippen LogP) is 8.34. The summed E-state index contributed by atoms with van der Waals surface area (Å²) in [5.41, 5.74) is 7.60. The standard InChI is InChI=1S/C23H36.C5H11N/c1-7-8-9-10-19-12-13-20(18(3)16-19)21-15-17(2)11-14-22(21)23(4,5)6;1-4-5(2)6-3/h12-13,15-16,21-22H,7-11,14H2,1-6H3;6H,2,4H2,1,3H3. The average molecular weight is 398 g/mol. The lowest BCUT2D eigenvalue weighted by atomic mass is 9.65. The van der Waals surface area contributed by atoms with Crippen LogP contribution in [-0.4, -0.2) is 7.05 Å². The number of aryl methyl sites for hydroxylation is 2. The first-order chi connectivity index (χ1) is 13.6. The number of unbranched alkanes of at least 4 members (excludes halogenated alkanes) is 2. The highest BCUT2D eigenvalue weighted by molar-refractivity contribution is 5.38. The first-order valence-corrected chi connectivity index (χ1v) is 11.8. The maximum atomic E-state index is 3.68. The molecule has 2 rings (SSSR count). The van der Waals surface area contributed by atoms with Gasteiger partial charge in [-0.2, -0.15) is 0 Å². The average Bonchev–Trinajstić information content (AvgIpc) is 2.67. The largest absolute Gasteiger partial charge is 0.392 e. The summed E-state index contributed by atoms with van der Waals surface area (Å²) in [6.07, 6.45) is 11.4. The van der Waals surface area contributed by atoms with Crippen LogP contribution in [0.2, 0.25) is 0 Å². The topological polar surface area (TPSA) is 12.0 Å². The Hall–Kier alpha value is -1.50. The molecule has 2 unspecified atom stereocenters. The molecule has 0 bridgehead atoms. The van der Waals surface area contributed by atoms with Gasteiger partial charge < -0.3 is 5.32 Å². The second kappa shape index (κ2) is 12.3. The fraction of sp³-hybridized carbons (Fsp3) is 0.643. The van der Waals surface area contributed by atoms with E-state index in [-0.39, 0.29) is 0 Å². The normalized spacial score (nSPS) is 19.1. The molecular formula is C28H47N. The highest BCUT2D eigenvalue weighted by Gasteiger charge is 2.34. The van der Waals surface area contributed by atoms with Gasteiger partial charge in [0.05, 0.1) is 0 Å². The minimum absolute atomic E-state index is 0.369. The zero-order valence-electron chi connectivity index (χ0n) is 20.6. The van der Waals surface area contributed by atoms with Gasteiger partial charge in [0.25, 0.3) is 0 Å². The zero-order valence-corrected chi connectivity index (χ0v) is 20.6. The SMILES string of the molecule is C=C(CC)NC.CCCCCc1ccc(C2C=C(C)CCC2C(C)(C)C)c(C)c1. The lowest BCUT2D eigenvalue weighted by Gasteiger charge is -2.40. The van der Waals surface area contributed by atoms with E-state index in [2.05, 4.69) is 84.6 Å². The van der Waals surface area contributed by atoms with E-state index >= 15 is 0 Å². The van der Waals surface area contributed by atoms with Crippen LogP contribution in [0.1, 0.15) is 103 Å². The number of hydrogen-bond donors (Lipinski definition) is 1. The van der Waals surface area contributed by atoms with Crippen LogP contribution in [0.25, 0.3) is 0 Å². The van der Waals surface area contributed by atoms with Gasteiger partial charge in [-0.25, -0.2) is 0 Å². The molecule has 0 amide bonds. The van der Waals surface area contributed by atoms with E-state index in [4.69, 9.17) is 0 Å². The minimum atomic E-state index is 0.369. The molecule has 1 aromatic rings. The van der Waals surface area contributed by atoms with E-state index in [1.54, 1.807) is 11.1 Å². The van der Waals surface area contributed by atoms with Crippen LogP contribution in [0.4, 0.5) is 0 Å². The molecule has 1 heteroatoms. The molecule has 0 saturated carbocycles. The van der Waals surface area contributed by atoms with E-state index in [9.17, 15) is 0 Å². The number of nitrogens with one attached hydrogen (secondary N) is 1. The number of benzene rings is 1. The van der Waals surface area contributed by atoms with E-state index in [1.165, 1.54) is 49.7 Å². The van der Waals surface area contributed by atoms with Gasteiger partial charge in [-0.3, -0.25) is 0 Å². The fourth-order valence-corrected chi connectivity index (χ4v) is 4.37. The van der Waals surface area contributed by atoms with E-state index in [0.29, 0.717) is 11.3 Å². The summed E-state index contributed by atoms with van der Waals surface area (Å²) in [4.78, 5) is 0. The van der Waals surface area contributed by atoms with Crippen molar-refractivity contribution in [3.8, 4) is 0 Å². The maximum Gasteiger partial charge on any atom is 0.00565 e. The molecule has 1 N–H and O–H groups in total. The van der Waals surface area contributed by atoms with Crippen molar-refractivity contribution in [2.45, 2.75) is 99.3 Å². The number of hydrogen-bond acceptors (Lipinski definition) is 1. The van der Waals surface area contributed by atoms with Crippen LogP contribution >= 0.6 is 0 Å². The van der Waals surface area contributed by atoms with Gasteiger partial charge in [-0.05, 0) is 74.0 Å². The summed E-state index contributed by atoms with van der Waals surface area (Å²) in [6, 6.07) is 7.26. The van der Waals surface area contributed by atoms with Gasteiger partial charge in [0, 0.05) is 18.7 Å². The van der Waals surface area contributed by atoms with Crippen molar-refractivity contribution < 1.29 is 0 Å². The van der Waals surface area contributed by atoms with Gasteiger partial charge in [0.1, 0.15) is 0 Å². The second-order valence-electron chi connectivity index (χ2n) is 9.91. The molecule has 0 spiro atoms. The van der Waals surface area contributed by atoms with Crippen LogP contribution in [-0.2, 0) is 6.42 Å². The van der Waals surface area contributed by atoms with Crippen LogP contribution in [0.15, 0.2) is 42.1 Å². The Morgan fingerprint density at radius 1 is 1.14 bits per heavy atom. The Labute approximate surface area is 182 Å². The van der Waals surface area contributed by atoms with E-state index < -0.39 is 0 Å². The van der Waals surface area contributed by atoms with E-state index in [1.807, 2.05) is 7.05 Å². The molecule has 29 heavy (non-hydrogen) atoms. The highest BCUT2D eigenvalue weighted by Crippen LogP contribution is 2.46. The van der Waals surface area contributed by atoms with Gasteiger partial charge in [-0.1, -0.05) is 83.9 Å². The lowest BCUT2D eigenvalue weighted by molar-refractivity contribution is 0.197. The Morgan fingerprint density at radius 3 is 2.31 bits per heavy atom. The smallest absolute Gasteiger partial charge is 0.00565 e. The first kappa shape index (κ1) is 25.5. The molecule has 1 aromatic carbocycles. The maximum absolute atomic E-state index is 3.68. The van der Waals surface area contributed by atoms with Crippen molar-refractivity contribution in [2.75, 3.05) is 7.05 Å². The second-order valence-corrected chi connectivity index (χ2v) is 9.91. The Bertz CT molecular complexity index is 653. The number of allylic oxidation sites excluding steroid dienone is 3. The van der Waals surface area contributed by atoms with Crippen LogP contribution < -0.4 is 5.32 Å². The van der Waals surface area contributed by atoms with Gasteiger partial charge >= 0.3 is 0 Å². The molecule has 0 heterocycles. The van der Waals surface area contributed by atoms with Gasteiger partial charge in [-0.15, -0.1) is 0 Å². The van der Waals surface area contributed by atoms with Crippen molar-refractivity contribution in [1.82, 2.24) is 5.32 Å². The minimum Gasteiger partial charge on any atom is -0.392 e. The van der Waals surface area contributed by atoms with Crippen molar-refractivity contribution >= 4 is 0 Å². The summed E-state index contributed by atoms with van der Waals surface area (Å²) in [5.74, 6) is 1.34. The van der Waals surface area contributed by atoms with Gasteiger partial charge in [0.15, 0.2) is 0 Å². The van der Waals surface area contributed by atoms with Crippen LogP contribution in [0.5, 0.6) is 0 Å². The van der Waals surface area contributed by atoms with Gasteiger partial charge in [0.2, 0.25) is 0 Å². The summed E-state index contributed by atoms with van der Waals surface area (Å²) in [7, 11) is 1.88. The molecule has 0 fully saturated rings. The molecule has 0 aliphatic heterocycles. The molecule has 0 radical (unpaired) electrons. The first-order valence-electron chi connectivity index (χ1n) is 11.8. The van der Waals surface area contributed by atoms with Crippen molar-refractivity contribution in [2.24, 2.45) is 11.3 Å². The monoisotopic (exact) mass is 397 g/mol. The van der Waals surface area contributed by atoms with Crippen LogP contribution in [0.3, 0.4) is 0 Å². The quantitative estimate of drug-likeness (QED) is 0.360. The van der Waals surface area contributed by atoms with Crippen molar-refractivity contribution in [3.05, 3.63) is 58.8 Å². The Morgan fingerprint density at radius 2 is 1.83 bits per heavy atom. The molecule has 1 aliphatic rings. The molecular weight excluding hydrogens is 350 g/mol. The zero-order chi connectivity index (χ0) is 22.0. The number of rotatable bonds is 7. The molecule has 164 valence electrons. The molecule has 2 atom stereocenters. The van der Waals surface area contributed by atoms with Crippen molar-refractivity contribution in [1.29, 1.82) is 0 Å². The summed E-state index contributed by atoms with van der Waals surface area (Å²) < 4.78 is 0. The third-order valence-corrected chi connectivity index (χ3v) is 6.40. The summed E-state index contributed by atoms with van der Waals surface area (Å²) in [5, 5.41) is 2.92. The molecule has 1 nitrogen and oxygen atoms in total. The van der Waals surface area contributed by atoms with Crippen LogP contribution in [0, 0.1) is 18.3 Å². The van der Waals surface area contributed by atoms with E-state index in [0.717, 1.165) is 18.0 Å². The molecule has 0 saturated heterocycles. The summed E-state index contributed by atoms with van der Waals surface area (Å²) >= 11 is 0. The third kappa shape index (κ3) is 8.41. The lowest BCUT2D eigenvalue weighted by Crippen LogP contribution is -2.29. The van der Waals surface area contributed by atoms with Crippen molar-refractivity contribution in [3.63, 3.8) is 0 Å². The summed E-state index contributed by atoms with van der Waals surface area (Å²) in [6.45, 7) is 19.9. The molecule has 1 aliphatic carbocycles. The highest BCUT2D eigenvalue weighted by atomic mass is 14.8. The predicted molar refractivity (Wildman–Crippen MR) is 132 cm³/mol.